The predicted molar refractivity (Wildman–Crippen MR) is 209 cm³/mol. The predicted octanol–water partition coefficient (Wildman–Crippen LogP) is 12.4. The molecule has 51 heavy (non-hydrogen) atoms. The third kappa shape index (κ3) is 5.04. The summed E-state index contributed by atoms with van der Waals surface area (Å²) in [5.74, 6) is 1.78. The lowest BCUT2D eigenvalue weighted by Crippen LogP contribution is -2.00. The van der Waals surface area contributed by atoms with Gasteiger partial charge in [0.1, 0.15) is 11.2 Å². The Labute approximate surface area is 294 Å². The monoisotopic (exact) mass is 651 g/mol. The minimum absolute atomic E-state index is 0.563. The first-order valence-corrected chi connectivity index (χ1v) is 17.1. The van der Waals surface area contributed by atoms with Crippen LogP contribution in [0, 0.1) is 0 Å². The van der Waals surface area contributed by atoms with Gasteiger partial charge in [-0.3, -0.25) is 0 Å². The van der Waals surface area contributed by atoms with Crippen LogP contribution in [0.2, 0.25) is 0 Å². The molecule has 0 saturated carbocycles. The fraction of sp³-hybridized carbons (Fsp3) is 0. The topological polar surface area (TPSA) is 51.8 Å². The summed E-state index contributed by atoms with van der Waals surface area (Å²) in [5, 5.41) is 6.60. The number of hydrogen-bond donors (Lipinski definition) is 0. The normalized spacial score (nSPS) is 11.5. The van der Waals surface area contributed by atoms with E-state index in [9.17, 15) is 0 Å². The van der Waals surface area contributed by atoms with E-state index in [2.05, 4.69) is 164 Å². The molecule has 10 aromatic rings. The largest absolute Gasteiger partial charge is 0.455 e. The zero-order chi connectivity index (χ0) is 33.7. The van der Waals surface area contributed by atoms with Crippen molar-refractivity contribution in [3.05, 3.63) is 176 Å². The van der Waals surface area contributed by atoms with Gasteiger partial charge in [0.2, 0.25) is 0 Å². The minimum Gasteiger partial charge on any atom is -0.455 e. The maximum absolute atomic E-state index is 6.86. The molecule has 2 heterocycles. The number of fused-ring (bicyclic) bond motifs is 6. The van der Waals surface area contributed by atoms with E-state index in [4.69, 9.17) is 19.4 Å². The molecule has 0 atom stereocenters. The van der Waals surface area contributed by atoms with Gasteiger partial charge in [0.25, 0.3) is 0 Å². The summed E-state index contributed by atoms with van der Waals surface area (Å²) >= 11 is 0. The second-order valence-electron chi connectivity index (χ2n) is 12.8. The van der Waals surface area contributed by atoms with E-state index in [-0.39, 0.29) is 0 Å². The van der Waals surface area contributed by atoms with Gasteiger partial charge < -0.3 is 4.42 Å². The highest BCUT2D eigenvalue weighted by molar-refractivity contribution is 6.20. The Bertz CT molecular complexity index is 2900. The average molecular weight is 652 g/mol. The number of aromatic nitrogens is 3. The molecular formula is C47H29N3O. The van der Waals surface area contributed by atoms with Crippen LogP contribution in [0.4, 0.5) is 0 Å². The Morgan fingerprint density at radius 2 is 0.843 bits per heavy atom. The van der Waals surface area contributed by atoms with Crippen LogP contribution in [0.3, 0.4) is 0 Å². The number of benzene rings is 8. The molecule has 0 amide bonds. The Morgan fingerprint density at radius 1 is 0.294 bits per heavy atom. The summed E-state index contributed by atoms with van der Waals surface area (Å²) in [6.07, 6.45) is 0. The lowest BCUT2D eigenvalue weighted by Gasteiger charge is -2.10. The summed E-state index contributed by atoms with van der Waals surface area (Å²) in [5.41, 5.74) is 8.91. The average Bonchev–Trinajstić information content (AvgIpc) is 3.60. The second kappa shape index (κ2) is 11.9. The highest BCUT2D eigenvalue weighted by Crippen LogP contribution is 2.42. The molecular weight excluding hydrogens is 623 g/mol. The maximum Gasteiger partial charge on any atom is 0.167 e. The fourth-order valence-corrected chi connectivity index (χ4v) is 7.18. The van der Waals surface area contributed by atoms with Crippen molar-refractivity contribution in [1.29, 1.82) is 0 Å². The number of rotatable bonds is 5. The van der Waals surface area contributed by atoms with Gasteiger partial charge in [0, 0.05) is 27.3 Å². The Balaban J connectivity index is 1.19. The van der Waals surface area contributed by atoms with Crippen LogP contribution in [-0.2, 0) is 0 Å². The number of furan rings is 1. The van der Waals surface area contributed by atoms with Crippen molar-refractivity contribution in [2.75, 3.05) is 0 Å². The van der Waals surface area contributed by atoms with Crippen molar-refractivity contribution in [1.82, 2.24) is 15.0 Å². The highest BCUT2D eigenvalue weighted by Gasteiger charge is 2.20. The first-order chi connectivity index (χ1) is 25.3. The molecule has 0 spiro atoms. The molecule has 8 aromatic carbocycles. The van der Waals surface area contributed by atoms with Crippen molar-refractivity contribution in [2.45, 2.75) is 0 Å². The van der Waals surface area contributed by atoms with Gasteiger partial charge >= 0.3 is 0 Å². The van der Waals surface area contributed by atoms with Gasteiger partial charge in [0.15, 0.2) is 17.5 Å². The Hall–Kier alpha value is -6.91. The molecule has 0 aliphatic carbocycles. The van der Waals surface area contributed by atoms with E-state index in [1.165, 1.54) is 16.5 Å². The number of hydrogen-bond acceptors (Lipinski definition) is 4. The third-order valence-corrected chi connectivity index (χ3v) is 9.72. The van der Waals surface area contributed by atoms with E-state index < -0.39 is 0 Å². The van der Waals surface area contributed by atoms with Crippen LogP contribution in [-0.4, -0.2) is 15.0 Å². The van der Waals surface area contributed by atoms with E-state index in [1.54, 1.807) is 0 Å². The summed E-state index contributed by atoms with van der Waals surface area (Å²) in [4.78, 5) is 15.3. The lowest BCUT2D eigenvalue weighted by atomic mass is 9.95. The van der Waals surface area contributed by atoms with Crippen molar-refractivity contribution in [3.8, 4) is 56.4 Å². The van der Waals surface area contributed by atoms with Gasteiger partial charge in [-0.15, -0.1) is 0 Å². The van der Waals surface area contributed by atoms with Crippen molar-refractivity contribution in [3.63, 3.8) is 0 Å². The number of nitrogens with zero attached hydrogens (tertiary/aromatic N) is 3. The van der Waals surface area contributed by atoms with Gasteiger partial charge in [-0.25, -0.2) is 15.0 Å². The third-order valence-electron chi connectivity index (χ3n) is 9.72. The van der Waals surface area contributed by atoms with E-state index >= 15 is 0 Å². The molecule has 0 radical (unpaired) electrons. The molecule has 4 nitrogen and oxygen atoms in total. The van der Waals surface area contributed by atoms with Crippen LogP contribution < -0.4 is 0 Å². The molecule has 0 unspecified atom stereocenters. The van der Waals surface area contributed by atoms with Crippen molar-refractivity contribution < 1.29 is 4.42 Å². The summed E-state index contributed by atoms with van der Waals surface area (Å²) in [6, 6.07) is 61.0. The Kier molecular flexibility index (Phi) is 6.78. The number of para-hydroxylation sites is 1. The molecule has 238 valence electrons. The molecule has 2 aromatic heterocycles. The van der Waals surface area contributed by atoms with Crippen molar-refractivity contribution in [2.24, 2.45) is 0 Å². The molecule has 0 aliphatic heterocycles. The quantitative estimate of drug-likeness (QED) is 0.186. The first kappa shape index (κ1) is 29.0. The SMILES string of the molecule is c1ccc(-c2ccc(-c3nc(-c4ccc5ccccc5c4)nc(-c4cccc5c4oc4c6ccccc6c(-c6ccccc6)cc54)n3)cc2)cc1. The molecule has 4 heteroatoms. The smallest absolute Gasteiger partial charge is 0.167 e. The standard InChI is InChI=1S/C47H29N3O/c1-3-12-30(13-4-1)32-22-25-34(26-23-32)45-48-46(36-27-24-31-14-7-8-17-35(31)28-36)50-47(49-45)40-21-11-20-39-42-29-41(33-15-5-2-6-16-33)37-18-9-10-19-38(37)44(42)51-43(39)40/h1-29H. The van der Waals surface area contributed by atoms with E-state index in [1.807, 2.05) is 12.1 Å². The van der Waals surface area contributed by atoms with Crippen LogP contribution >= 0.6 is 0 Å². The molecule has 0 fully saturated rings. The van der Waals surface area contributed by atoms with E-state index in [0.717, 1.165) is 65.9 Å². The second-order valence-corrected chi connectivity index (χ2v) is 12.8. The Morgan fingerprint density at radius 3 is 1.63 bits per heavy atom. The maximum atomic E-state index is 6.86. The molecule has 0 bridgehead atoms. The van der Waals surface area contributed by atoms with Crippen molar-refractivity contribution >= 4 is 43.5 Å². The minimum atomic E-state index is 0.563. The fourth-order valence-electron chi connectivity index (χ4n) is 7.18. The van der Waals surface area contributed by atoms with Crippen LogP contribution in [0.1, 0.15) is 0 Å². The first-order valence-electron chi connectivity index (χ1n) is 17.1. The van der Waals surface area contributed by atoms with Gasteiger partial charge in [0.05, 0.1) is 5.56 Å². The zero-order valence-electron chi connectivity index (χ0n) is 27.5. The van der Waals surface area contributed by atoms with Gasteiger partial charge in [-0.2, -0.15) is 0 Å². The summed E-state index contributed by atoms with van der Waals surface area (Å²) in [6.45, 7) is 0. The zero-order valence-corrected chi connectivity index (χ0v) is 27.5. The molecule has 0 N–H and O–H groups in total. The van der Waals surface area contributed by atoms with Gasteiger partial charge in [-0.05, 0) is 56.6 Å². The lowest BCUT2D eigenvalue weighted by molar-refractivity contribution is 0.673. The highest BCUT2D eigenvalue weighted by atomic mass is 16.3. The molecule has 0 aliphatic rings. The van der Waals surface area contributed by atoms with Crippen LogP contribution in [0.15, 0.2) is 180 Å². The molecule has 10 rings (SSSR count). The molecule has 0 saturated heterocycles. The summed E-state index contributed by atoms with van der Waals surface area (Å²) < 4.78 is 6.86. The van der Waals surface area contributed by atoms with Crippen LogP contribution in [0.5, 0.6) is 0 Å². The van der Waals surface area contributed by atoms with Crippen LogP contribution in [0.25, 0.3) is 99.9 Å². The van der Waals surface area contributed by atoms with Gasteiger partial charge in [-0.1, -0.05) is 158 Å². The van der Waals surface area contributed by atoms with E-state index in [0.29, 0.717) is 17.5 Å². The summed E-state index contributed by atoms with van der Waals surface area (Å²) in [7, 11) is 0.